The molecule has 0 spiro atoms. The van der Waals surface area contributed by atoms with E-state index < -0.39 is 0 Å². The lowest BCUT2D eigenvalue weighted by molar-refractivity contribution is 0.0505. The zero-order valence-electron chi connectivity index (χ0n) is 15.5. The maximum Gasteiger partial charge on any atom is 0.254 e. The van der Waals surface area contributed by atoms with Crippen LogP contribution in [-0.2, 0) is 0 Å². The third-order valence-corrected chi connectivity index (χ3v) is 6.65. The predicted octanol–water partition coefficient (Wildman–Crippen LogP) is 5.85. The summed E-state index contributed by atoms with van der Waals surface area (Å²) < 4.78 is 0. The number of para-hydroxylation sites is 1. The fraction of sp³-hybridized carbons (Fsp3) is 0.273. The molecule has 7 heteroatoms. The van der Waals surface area contributed by atoms with Gasteiger partial charge in [-0.25, -0.2) is 4.98 Å². The minimum absolute atomic E-state index is 0.0414. The zero-order valence-corrected chi connectivity index (χ0v) is 17.8. The van der Waals surface area contributed by atoms with Crippen molar-refractivity contribution in [2.75, 3.05) is 13.2 Å². The Kier molecular flexibility index (Phi) is 5.98. The maximum atomic E-state index is 13.5. The van der Waals surface area contributed by atoms with Crippen molar-refractivity contribution in [3.05, 3.63) is 63.1 Å². The lowest BCUT2D eigenvalue weighted by atomic mass is 9.99. The van der Waals surface area contributed by atoms with E-state index in [0.717, 1.165) is 24.6 Å². The molecule has 1 amide bonds. The first kappa shape index (κ1) is 20.4. The van der Waals surface area contributed by atoms with Gasteiger partial charge in [-0.05, 0) is 43.5 Å². The van der Waals surface area contributed by atoms with Crippen LogP contribution in [0.3, 0.4) is 0 Å². The van der Waals surface area contributed by atoms with E-state index in [9.17, 15) is 9.90 Å². The summed E-state index contributed by atoms with van der Waals surface area (Å²) in [4.78, 5) is 19.9. The second kappa shape index (κ2) is 8.49. The van der Waals surface area contributed by atoms with Crippen molar-refractivity contribution < 1.29 is 9.90 Å². The van der Waals surface area contributed by atoms with Gasteiger partial charge in [0, 0.05) is 17.5 Å². The molecule has 2 heterocycles. The molecule has 1 fully saturated rings. The van der Waals surface area contributed by atoms with Gasteiger partial charge in [0.1, 0.15) is 0 Å². The van der Waals surface area contributed by atoms with E-state index in [-0.39, 0.29) is 23.6 Å². The Bertz CT molecular complexity index is 1090. The number of amides is 1. The topological polar surface area (TPSA) is 53.4 Å². The van der Waals surface area contributed by atoms with Gasteiger partial charge in [0.25, 0.3) is 5.91 Å². The van der Waals surface area contributed by atoms with Crippen molar-refractivity contribution in [2.24, 2.45) is 0 Å². The number of hydrogen-bond donors (Lipinski definition) is 1. The monoisotopic (exact) mass is 448 g/mol. The number of carbonyl (C=O) groups is 1. The number of rotatable bonds is 3. The Morgan fingerprint density at radius 2 is 1.90 bits per heavy atom. The molecule has 0 saturated carbocycles. The summed E-state index contributed by atoms with van der Waals surface area (Å²) in [6, 6.07) is 12.5. The number of fused-ring (bicyclic) bond motifs is 1. The second-order valence-corrected chi connectivity index (χ2v) is 8.29. The van der Waals surface area contributed by atoms with Crippen LogP contribution in [0.15, 0.2) is 42.5 Å². The highest BCUT2D eigenvalue weighted by atomic mass is 35.5. The fourth-order valence-electron chi connectivity index (χ4n) is 3.83. The zero-order chi connectivity index (χ0) is 20.5. The molecule has 1 aliphatic rings. The lowest BCUT2D eigenvalue weighted by Crippen LogP contribution is -2.45. The van der Waals surface area contributed by atoms with Crippen LogP contribution in [0.1, 0.15) is 29.6 Å². The van der Waals surface area contributed by atoms with Crippen LogP contribution in [-0.4, -0.2) is 40.1 Å². The molecule has 1 atom stereocenters. The fourth-order valence-corrected chi connectivity index (χ4v) is 4.46. The van der Waals surface area contributed by atoms with Gasteiger partial charge >= 0.3 is 0 Å². The van der Waals surface area contributed by atoms with Crippen molar-refractivity contribution in [1.82, 2.24) is 9.88 Å². The van der Waals surface area contributed by atoms with Crippen LogP contribution >= 0.6 is 34.8 Å². The van der Waals surface area contributed by atoms with Crippen molar-refractivity contribution >= 4 is 51.6 Å². The van der Waals surface area contributed by atoms with E-state index in [4.69, 9.17) is 39.8 Å². The summed E-state index contributed by atoms with van der Waals surface area (Å²) >= 11 is 18.7. The van der Waals surface area contributed by atoms with Crippen molar-refractivity contribution in [3.63, 3.8) is 0 Å². The molecule has 1 aliphatic heterocycles. The van der Waals surface area contributed by atoms with Gasteiger partial charge in [-0.3, -0.25) is 4.79 Å². The number of benzene rings is 2. The Balaban J connectivity index is 1.88. The average Bonchev–Trinajstić information content (AvgIpc) is 2.76. The molecule has 1 aromatic heterocycles. The lowest BCUT2D eigenvalue weighted by Gasteiger charge is -2.35. The first-order valence-electron chi connectivity index (χ1n) is 9.46. The number of aliphatic hydroxyl groups is 1. The van der Waals surface area contributed by atoms with E-state index in [2.05, 4.69) is 0 Å². The normalized spacial score (nSPS) is 17.0. The van der Waals surface area contributed by atoms with Crippen LogP contribution in [0.2, 0.25) is 15.1 Å². The average molecular weight is 450 g/mol. The van der Waals surface area contributed by atoms with Crippen LogP contribution < -0.4 is 0 Å². The summed E-state index contributed by atoms with van der Waals surface area (Å²) in [5, 5.41) is 11.4. The predicted molar refractivity (Wildman–Crippen MR) is 118 cm³/mol. The van der Waals surface area contributed by atoms with Crippen LogP contribution in [0.4, 0.5) is 0 Å². The van der Waals surface area contributed by atoms with Gasteiger partial charge in [-0.1, -0.05) is 53.0 Å². The second-order valence-electron chi connectivity index (χ2n) is 7.13. The standard InChI is InChI=1S/C22H19Cl3N2O2/c23-17-9-8-15(20(24)21(17)25)19-11-16(14-6-1-2-7-18(14)26-19)22(29)27-10-4-3-5-13(27)12-28/h1-2,6-9,11,13,28H,3-5,10,12H2/t13-/m1/s1. The Labute approximate surface area is 184 Å². The first-order chi connectivity index (χ1) is 14.0. The summed E-state index contributed by atoms with van der Waals surface area (Å²) in [5.41, 5.74) is 2.38. The van der Waals surface area contributed by atoms with E-state index >= 15 is 0 Å². The number of likely N-dealkylation sites (tertiary alicyclic amines) is 1. The highest BCUT2D eigenvalue weighted by Gasteiger charge is 2.28. The molecule has 0 bridgehead atoms. The molecule has 4 nitrogen and oxygen atoms in total. The Morgan fingerprint density at radius 1 is 1.10 bits per heavy atom. The Hall–Kier alpha value is -1.85. The highest BCUT2D eigenvalue weighted by Crippen LogP contribution is 2.38. The number of pyridine rings is 1. The molecule has 29 heavy (non-hydrogen) atoms. The van der Waals surface area contributed by atoms with Gasteiger partial charge in [0.05, 0.1) is 44.5 Å². The number of carbonyl (C=O) groups excluding carboxylic acids is 1. The molecule has 0 aliphatic carbocycles. The summed E-state index contributed by atoms with van der Waals surface area (Å²) in [6.45, 7) is 0.587. The maximum absolute atomic E-state index is 13.5. The SMILES string of the molecule is O=C(c1cc(-c2ccc(Cl)c(Cl)c2Cl)nc2ccccc12)N1CCCC[C@@H]1CO. The van der Waals surface area contributed by atoms with Crippen LogP contribution in [0, 0.1) is 0 Å². The van der Waals surface area contributed by atoms with Crippen molar-refractivity contribution in [2.45, 2.75) is 25.3 Å². The van der Waals surface area contributed by atoms with Gasteiger partial charge < -0.3 is 10.0 Å². The summed E-state index contributed by atoms with van der Waals surface area (Å²) in [7, 11) is 0. The van der Waals surface area contributed by atoms with Gasteiger partial charge in [-0.15, -0.1) is 0 Å². The third kappa shape index (κ3) is 3.82. The van der Waals surface area contributed by atoms with Crippen LogP contribution in [0.25, 0.3) is 22.2 Å². The summed E-state index contributed by atoms with van der Waals surface area (Å²) in [6.07, 6.45) is 2.74. The quantitative estimate of drug-likeness (QED) is 0.510. The minimum Gasteiger partial charge on any atom is -0.394 e. The first-order valence-corrected chi connectivity index (χ1v) is 10.6. The number of aromatic nitrogens is 1. The molecule has 1 N–H and O–H groups in total. The number of nitrogens with zero attached hydrogens (tertiary/aromatic N) is 2. The van der Waals surface area contributed by atoms with Crippen LogP contribution in [0.5, 0.6) is 0 Å². The van der Waals surface area contributed by atoms with Gasteiger partial charge in [0.2, 0.25) is 0 Å². The smallest absolute Gasteiger partial charge is 0.254 e. The van der Waals surface area contributed by atoms with Crippen molar-refractivity contribution in [3.8, 4) is 11.3 Å². The molecular formula is C22H19Cl3N2O2. The molecule has 1 saturated heterocycles. The molecule has 4 rings (SSSR count). The number of halogens is 3. The number of piperidine rings is 1. The van der Waals surface area contributed by atoms with E-state index in [1.54, 1.807) is 23.1 Å². The number of aliphatic hydroxyl groups excluding tert-OH is 1. The largest absolute Gasteiger partial charge is 0.394 e. The number of hydrogen-bond acceptors (Lipinski definition) is 3. The molecular weight excluding hydrogens is 431 g/mol. The Morgan fingerprint density at radius 3 is 2.69 bits per heavy atom. The van der Waals surface area contributed by atoms with Gasteiger partial charge in [0.15, 0.2) is 0 Å². The van der Waals surface area contributed by atoms with Crippen molar-refractivity contribution in [1.29, 1.82) is 0 Å². The molecule has 2 aromatic carbocycles. The third-order valence-electron chi connectivity index (χ3n) is 5.36. The van der Waals surface area contributed by atoms with E-state index in [1.807, 2.05) is 24.3 Å². The molecule has 3 aromatic rings. The molecule has 150 valence electrons. The van der Waals surface area contributed by atoms with Gasteiger partial charge in [-0.2, -0.15) is 0 Å². The molecule has 0 unspecified atom stereocenters. The minimum atomic E-state index is -0.166. The highest BCUT2D eigenvalue weighted by molar-refractivity contribution is 6.49. The summed E-state index contributed by atoms with van der Waals surface area (Å²) in [5.74, 6) is -0.111. The molecule has 0 radical (unpaired) electrons. The van der Waals surface area contributed by atoms with E-state index in [0.29, 0.717) is 38.9 Å². The van der Waals surface area contributed by atoms with E-state index in [1.165, 1.54) is 0 Å².